The first kappa shape index (κ1) is 20.2. The van der Waals surface area contributed by atoms with Crippen molar-refractivity contribution in [2.45, 2.75) is 37.7 Å². The van der Waals surface area contributed by atoms with Crippen molar-refractivity contribution in [1.82, 2.24) is 0 Å². The van der Waals surface area contributed by atoms with Gasteiger partial charge < -0.3 is 24.8 Å². The number of halogens is 1. The smallest absolute Gasteiger partial charge is 0.270 e. The van der Waals surface area contributed by atoms with E-state index in [2.05, 4.69) is 0 Å². The van der Waals surface area contributed by atoms with Gasteiger partial charge in [-0.15, -0.1) is 0 Å². The van der Waals surface area contributed by atoms with Crippen LogP contribution in [0.3, 0.4) is 0 Å². The number of hydrogen-bond acceptors (Lipinski definition) is 7. The molecule has 2 aromatic rings. The summed E-state index contributed by atoms with van der Waals surface area (Å²) in [7, 11) is 0. The molecule has 2 aromatic carbocycles. The molecule has 5 atom stereocenters. The number of nitrogens with zero attached hydrogens (tertiary/aromatic N) is 1. The first-order valence-electron chi connectivity index (χ1n) is 8.60. The van der Waals surface area contributed by atoms with Crippen molar-refractivity contribution < 1.29 is 34.1 Å². The Morgan fingerprint density at radius 1 is 1.18 bits per heavy atom. The maximum absolute atomic E-state index is 14.3. The maximum Gasteiger partial charge on any atom is 0.270 e. The molecule has 0 unspecified atom stereocenters. The first-order chi connectivity index (χ1) is 13.3. The van der Waals surface area contributed by atoms with Gasteiger partial charge in [0, 0.05) is 12.1 Å². The number of aliphatic hydroxyl groups excluding tert-OH is 3. The van der Waals surface area contributed by atoms with Crippen LogP contribution in [0.5, 0.6) is 5.75 Å². The molecule has 1 saturated heterocycles. The van der Waals surface area contributed by atoms with Gasteiger partial charge in [-0.25, -0.2) is 4.39 Å². The second-order valence-electron chi connectivity index (χ2n) is 6.56. The molecule has 1 aliphatic rings. The van der Waals surface area contributed by atoms with Gasteiger partial charge in [0.05, 0.1) is 11.5 Å². The number of nitro benzene ring substituents is 1. The minimum atomic E-state index is -2.01. The topological polar surface area (TPSA) is 122 Å². The Kier molecular flexibility index (Phi) is 5.90. The van der Waals surface area contributed by atoms with Gasteiger partial charge in [0.25, 0.3) is 5.69 Å². The second-order valence-corrected chi connectivity index (χ2v) is 6.56. The molecule has 0 saturated carbocycles. The Morgan fingerprint density at radius 2 is 1.89 bits per heavy atom. The van der Waals surface area contributed by atoms with E-state index in [1.165, 1.54) is 12.1 Å². The fourth-order valence-corrected chi connectivity index (χ4v) is 3.03. The fraction of sp³-hybridized carbons (Fsp3) is 0.368. The van der Waals surface area contributed by atoms with Crippen molar-refractivity contribution in [3.05, 3.63) is 58.1 Å². The van der Waals surface area contributed by atoms with E-state index in [1.807, 2.05) is 0 Å². The number of aryl methyl sites for hydroxylation is 1. The zero-order valence-electron chi connectivity index (χ0n) is 14.9. The van der Waals surface area contributed by atoms with Crippen LogP contribution in [-0.2, 0) is 4.74 Å². The highest BCUT2D eigenvalue weighted by Crippen LogP contribution is 2.31. The summed E-state index contributed by atoms with van der Waals surface area (Å²) < 4.78 is 25.0. The predicted molar refractivity (Wildman–Crippen MR) is 96.6 cm³/mol. The Hall–Kier alpha value is -2.59. The molecule has 9 heteroatoms. The molecule has 8 nitrogen and oxygen atoms in total. The third-order valence-electron chi connectivity index (χ3n) is 4.61. The summed E-state index contributed by atoms with van der Waals surface area (Å²) in [6.45, 7) is 1.11. The number of alkyl halides is 1. The third kappa shape index (κ3) is 3.97. The summed E-state index contributed by atoms with van der Waals surface area (Å²) in [5.41, 5.74) is 1.92. The molecule has 0 aliphatic carbocycles. The zero-order valence-corrected chi connectivity index (χ0v) is 14.9. The van der Waals surface area contributed by atoms with Crippen LogP contribution < -0.4 is 4.74 Å². The summed E-state index contributed by atoms with van der Waals surface area (Å²) in [6, 6.07) is 11.1. The average Bonchev–Trinajstić information content (AvgIpc) is 2.69. The Balaban J connectivity index is 1.81. The molecule has 1 heterocycles. The summed E-state index contributed by atoms with van der Waals surface area (Å²) in [4.78, 5) is 10.5. The van der Waals surface area contributed by atoms with E-state index < -0.39 is 42.3 Å². The highest BCUT2D eigenvalue weighted by molar-refractivity contribution is 5.67. The summed E-state index contributed by atoms with van der Waals surface area (Å²) in [6.07, 6.45) is -7.99. The van der Waals surface area contributed by atoms with E-state index in [4.69, 9.17) is 9.47 Å². The second kappa shape index (κ2) is 8.19. The van der Waals surface area contributed by atoms with Crippen molar-refractivity contribution in [3.8, 4) is 16.9 Å². The number of hydrogen-bond donors (Lipinski definition) is 3. The van der Waals surface area contributed by atoms with Crippen LogP contribution in [0, 0.1) is 17.0 Å². The van der Waals surface area contributed by atoms with Gasteiger partial charge in [-0.2, -0.15) is 0 Å². The van der Waals surface area contributed by atoms with Gasteiger partial charge in [0.2, 0.25) is 6.29 Å². The van der Waals surface area contributed by atoms with Crippen LogP contribution in [0.1, 0.15) is 5.56 Å². The van der Waals surface area contributed by atoms with Crippen molar-refractivity contribution in [3.63, 3.8) is 0 Å². The molecule has 0 radical (unpaired) electrons. The van der Waals surface area contributed by atoms with Crippen molar-refractivity contribution >= 4 is 5.69 Å². The number of ether oxygens (including phenoxy) is 2. The summed E-state index contributed by atoms with van der Waals surface area (Å²) in [5, 5.41) is 39.6. The Bertz CT molecular complexity index is 860. The lowest BCUT2D eigenvalue weighted by Gasteiger charge is -2.38. The van der Waals surface area contributed by atoms with E-state index >= 15 is 0 Å². The van der Waals surface area contributed by atoms with Crippen LogP contribution in [0.15, 0.2) is 42.5 Å². The van der Waals surface area contributed by atoms with Crippen LogP contribution in [0.4, 0.5) is 10.1 Å². The van der Waals surface area contributed by atoms with Gasteiger partial charge in [0.15, 0.2) is 6.17 Å². The zero-order chi connectivity index (χ0) is 20.4. The molecule has 0 bridgehead atoms. The maximum atomic E-state index is 14.3. The Labute approximate surface area is 159 Å². The fourth-order valence-electron chi connectivity index (χ4n) is 3.03. The largest absolute Gasteiger partial charge is 0.461 e. The predicted octanol–water partition coefficient (Wildman–Crippen LogP) is 1.73. The van der Waals surface area contributed by atoms with Crippen LogP contribution >= 0.6 is 0 Å². The average molecular weight is 393 g/mol. The molecule has 1 aliphatic heterocycles. The van der Waals surface area contributed by atoms with Crippen LogP contribution in [0.2, 0.25) is 0 Å². The molecular formula is C19H20FNO7. The van der Waals surface area contributed by atoms with Crippen molar-refractivity contribution in [1.29, 1.82) is 0 Å². The van der Waals surface area contributed by atoms with Gasteiger partial charge >= 0.3 is 0 Å². The van der Waals surface area contributed by atoms with Gasteiger partial charge in [-0.3, -0.25) is 10.1 Å². The lowest BCUT2D eigenvalue weighted by molar-refractivity contribution is -0.384. The SMILES string of the molecule is Cc1cc(-c2cccc([N+](=O)[O-])c2)ccc1O[C@H]1O[C@H](CO)[C@@H](O)[C@H](O)[C@@H]1F. The number of non-ortho nitro benzene ring substituents is 1. The van der Waals surface area contributed by atoms with Gasteiger partial charge in [-0.05, 0) is 35.7 Å². The van der Waals surface area contributed by atoms with E-state index in [9.17, 15) is 29.8 Å². The highest BCUT2D eigenvalue weighted by Gasteiger charge is 2.46. The highest BCUT2D eigenvalue weighted by atomic mass is 19.1. The molecule has 0 amide bonds. The lowest BCUT2D eigenvalue weighted by Crippen LogP contribution is -2.58. The number of rotatable bonds is 5. The van der Waals surface area contributed by atoms with E-state index in [0.717, 1.165) is 0 Å². The van der Waals surface area contributed by atoms with E-state index in [0.29, 0.717) is 16.7 Å². The van der Waals surface area contributed by atoms with Crippen LogP contribution in [0.25, 0.3) is 11.1 Å². The molecule has 3 rings (SSSR count). The summed E-state index contributed by atoms with van der Waals surface area (Å²) in [5.74, 6) is 0.280. The normalized spacial score (nSPS) is 27.4. The Morgan fingerprint density at radius 3 is 2.54 bits per heavy atom. The quantitative estimate of drug-likeness (QED) is 0.522. The molecule has 0 spiro atoms. The van der Waals surface area contributed by atoms with Gasteiger partial charge in [0.1, 0.15) is 24.1 Å². The number of benzene rings is 2. The number of aliphatic hydroxyl groups is 3. The molecular weight excluding hydrogens is 373 g/mol. The first-order valence-corrected chi connectivity index (χ1v) is 8.60. The molecule has 150 valence electrons. The lowest BCUT2D eigenvalue weighted by atomic mass is 10.00. The van der Waals surface area contributed by atoms with Crippen LogP contribution in [-0.4, -0.2) is 57.6 Å². The van der Waals surface area contributed by atoms with E-state index in [1.54, 1.807) is 37.3 Å². The summed E-state index contributed by atoms with van der Waals surface area (Å²) >= 11 is 0. The number of nitro groups is 1. The third-order valence-corrected chi connectivity index (χ3v) is 4.61. The molecule has 28 heavy (non-hydrogen) atoms. The minimum Gasteiger partial charge on any atom is -0.461 e. The van der Waals surface area contributed by atoms with E-state index in [-0.39, 0.29) is 11.4 Å². The minimum absolute atomic E-state index is 0.0334. The van der Waals surface area contributed by atoms with Crippen molar-refractivity contribution in [2.75, 3.05) is 6.61 Å². The van der Waals surface area contributed by atoms with Gasteiger partial charge in [-0.1, -0.05) is 18.2 Å². The monoisotopic (exact) mass is 393 g/mol. The standard InChI is InChI=1S/C19H20FNO7/c1-10-7-12(11-3-2-4-13(8-11)21(25)26)5-6-14(10)27-19-16(20)18(24)17(23)15(9-22)28-19/h2-8,15-19,22-24H,9H2,1H3/t15-,16+,17-,18-,19+/m1/s1. The molecule has 0 aromatic heterocycles. The molecule has 1 fully saturated rings. The van der Waals surface area contributed by atoms with Crippen molar-refractivity contribution in [2.24, 2.45) is 0 Å². The molecule has 3 N–H and O–H groups in total.